The molecule has 62 valence electrons. The lowest BCUT2D eigenvalue weighted by atomic mass is 10.3. The third-order valence-corrected chi connectivity index (χ3v) is 2.61. The van der Waals surface area contributed by atoms with Gasteiger partial charge in [0, 0.05) is 10.3 Å². The van der Waals surface area contributed by atoms with Crippen LogP contribution < -0.4 is 0 Å². The molecule has 0 aliphatic carbocycles. The Morgan fingerprint density at radius 1 is 1.33 bits per heavy atom. The van der Waals surface area contributed by atoms with Gasteiger partial charge in [-0.1, -0.05) is 13.0 Å². The molecule has 2 aromatic rings. The molecule has 1 heterocycles. The highest BCUT2D eigenvalue weighted by Gasteiger charge is 1.97. The van der Waals surface area contributed by atoms with E-state index in [0.717, 1.165) is 11.3 Å². The molecular formula is C10H10OS. The summed E-state index contributed by atoms with van der Waals surface area (Å²) in [5.41, 5.74) is 0.980. The van der Waals surface area contributed by atoms with Crippen LogP contribution in [0.25, 0.3) is 11.0 Å². The molecule has 0 unspecified atom stereocenters. The molecule has 0 radical (unpaired) electrons. The second kappa shape index (κ2) is 3.23. The van der Waals surface area contributed by atoms with E-state index in [1.54, 1.807) is 6.26 Å². The lowest BCUT2D eigenvalue weighted by Crippen LogP contribution is -1.71. The van der Waals surface area contributed by atoms with Gasteiger partial charge >= 0.3 is 0 Å². The predicted molar refractivity (Wildman–Crippen MR) is 52.6 cm³/mol. The van der Waals surface area contributed by atoms with E-state index in [1.807, 2.05) is 17.8 Å². The van der Waals surface area contributed by atoms with E-state index in [9.17, 15) is 0 Å². The van der Waals surface area contributed by atoms with Crippen LogP contribution in [0.1, 0.15) is 6.92 Å². The minimum atomic E-state index is 0.980. The summed E-state index contributed by atoms with van der Waals surface area (Å²) in [6.07, 6.45) is 1.73. The van der Waals surface area contributed by atoms with Crippen LogP contribution in [0.2, 0.25) is 0 Å². The Morgan fingerprint density at radius 3 is 3.08 bits per heavy atom. The molecule has 2 heteroatoms. The smallest absolute Gasteiger partial charge is 0.134 e. The van der Waals surface area contributed by atoms with E-state index in [-0.39, 0.29) is 0 Å². The number of thioether (sulfide) groups is 1. The van der Waals surface area contributed by atoms with Gasteiger partial charge < -0.3 is 4.42 Å². The van der Waals surface area contributed by atoms with Crippen molar-refractivity contribution in [2.24, 2.45) is 0 Å². The largest absolute Gasteiger partial charge is 0.464 e. The van der Waals surface area contributed by atoms with Crippen molar-refractivity contribution in [3.63, 3.8) is 0 Å². The number of rotatable bonds is 2. The van der Waals surface area contributed by atoms with Crippen molar-refractivity contribution in [3.8, 4) is 0 Å². The normalized spacial score (nSPS) is 10.8. The number of hydrogen-bond acceptors (Lipinski definition) is 2. The first-order valence-electron chi connectivity index (χ1n) is 4.00. The summed E-state index contributed by atoms with van der Waals surface area (Å²) in [6.45, 7) is 2.15. The van der Waals surface area contributed by atoms with E-state index in [1.165, 1.54) is 10.3 Å². The zero-order chi connectivity index (χ0) is 8.39. The predicted octanol–water partition coefficient (Wildman–Crippen LogP) is 3.54. The number of fused-ring (bicyclic) bond motifs is 1. The summed E-state index contributed by atoms with van der Waals surface area (Å²) in [5, 5.41) is 1.18. The van der Waals surface area contributed by atoms with Gasteiger partial charge in [-0.15, -0.1) is 11.8 Å². The van der Waals surface area contributed by atoms with E-state index < -0.39 is 0 Å². The second-order valence-corrected chi connectivity index (χ2v) is 3.89. The van der Waals surface area contributed by atoms with E-state index in [4.69, 9.17) is 4.42 Å². The fourth-order valence-electron chi connectivity index (χ4n) is 1.19. The average molecular weight is 178 g/mol. The summed E-state index contributed by atoms with van der Waals surface area (Å²) in [5.74, 6) is 1.10. The van der Waals surface area contributed by atoms with Crippen LogP contribution in [0.15, 0.2) is 39.8 Å². The zero-order valence-corrected chi connectivity index (χ0v) is 7.73. The first kappa shape index (κ1) is 7.74. The van der Waals surface area contributed by atoms with Gasteiger partial charge in [0.05, 0.1) is 6.26 Å². The topological polar surface area (TPSA) is 13.1 Å². The van der Waals surface area contributed by atoms with E-state index in [2.05, 4.69) is 25.1 Å². The van der Waals surface area contributed by atoms with Gasteiger partial charge in [0.2, 0.25) is 0 Å². The molecule has 0 bridgehead atoms. The maximum atomic E-state index is 5.29. The molecule has 0 fully saturated rings. The molecule has 0 N–H and O–H groups in total. The van der Waals surface area contributed by atoms with Crippen LogP contribution in [-0.2, 0) is 0 Å². The summed E-state index contributed by atoms with van der Waals surface area (Å²) in [7, 11) is 0. The first-order chi connectivity index (χ1) is 5.90. The van der Waals surface area contributed by atoms with Gasteiger partial charge in [-0.05, 0) is 24.0 Å². The van der Waals surface area contributed by atoms with Crippen molar-refractivity contribution in [3.05, 3.63) is 30.5 Å². The molecule has 0 saturated heterocycles. The third kappa shape index (κ3) is 1.34. The Labute approximate surface area is 75.8 Å². The van der Waals surface area contributed by atoms with Gasteiger partial charge in [0.25, 0.3) is 0 Å². The monoisotopic (exact) mass is 178 g/mol. The van der Waals surface area contributed by atoms with Crippen molar-refractivity contribution in [1.82, 2.24) is 0 Å². The molecule has 1 nitrogen and oxygen atoms in total. The molecular weight excluding hydrogens is 168 g/mol. The lowest BCUT2D eigenvalue weighted by Gasteiger charge is -1.96. The maximum Gasteiger partial charge on any atom is 0.134 e. The quantitative estimate of drug-likeness (QED) is 0.652. The molecule has 2 rings (SSSR count). The SMILES string of the molecule is CCSc1ccc2ccoc2c1. The van der Waals surface area contributed by atoms with Gasteiger partial charge in [-0.2, -0.15) is 0 Å². The Bertz CT molecular complexity index is 378. The number of hydrogen-bond donors (Lipinski definition) is 0. The van der Waals surface area contributed by atoms with Crippen molar-refractivity contribution >= 4 is 22.7 Å². The van der Waals surface area contributed by atoms with Crippen LogP contribution in [0.5, 0.6) is 0 Å². The minimum Gasteiger partial charge on any atom is -0.464 e. The molecule has 0 aliphatic heterocycles. The Balaban J connectivity index is 2.46. The van der Waals surface area contributed by atoms with Crippen molar-refractivity contribution < 1.29 is 4.42 Å². The molecule has 0 saturated carbocycles. The van der Waals surface area contributed by atoms with Crippen molar-refractivity contribution in [2.45, 2.75) is 11.8 Å². The van der Waals surface area contributed by atoms with Crippen LogP contribution in [0.3, 0.4) is 0 Å². The second-order valence-electron chi connectivity index (χ2n) is 2.55. The Hall–Kier alpha value is -0.890. The molecule has 12 heavy (non-hydrogen) atoms. The molecule has 0 aliphatic rings. The average Bonchev–Trinajstić information content (AvgIpc) is 2.51. The fraction of sp³-hybridized carbons (Fsp3) is 0.200. The van der Waals surface area contributed by atoms with E-state index in [0.29, 0.717) is 0 Å². The summed E-state index contributed by atoms with van der Waals surface area (Å²) >= 11 is 1.83. The summed E-state index contributed by atoms with van der Waals surface area (Å²) < 4.78 is 5.29. The minimum absolute atomic E-state index is 0.980. The molecule has 0 spiro atoms. The van der Waals surface area contributed by atoms with Crippen LogP contribution in [-0.4, -0.2) is 5.75 Å². The summed E-state index contributed by atoms with van der Waals surface area (Å²) in [4.78, 5) is 1.28. The highest BCUT2D eigenvalue weighted by atomic mass is 32.2. The lowest BCUT2D eigenvalue weighted by molar-refractivity contribution is 0.615. The highest BCUT2D eigenvalue weighted by molar-refractivity contribution is 7.99. The van der Waals surface area contributed by atoms with Crippen LogP contribution in [0, 0.1) is 0 Å². The third-order valence-electron chi connectivity index (χ3n) is 1.74. The standard InChI is InChI=1S/C10H10OS/c1-2-12-9-4-3-8-5-6-11-10(8)7-9/h3-7H,2H2,1H3. The zero-order valence-electron chi connectivity index (χ0n) is 6.91. The summed E-state index contributed by atoms with van der Waals surface area (Å²) in [6, 6.07) is 8.29. The van der Waals surface area contributed by atoms with Crippen molar-refractivity contribution in [1.29, 1.82) is 0 Å². The molecule has 0 atom stereocenters. The van der Waals surface area contributed by atoms with Gasteiger partial charge in [0.1, 0.15) is 5.58 Å². The van der Waals surface area contributed by atoms with Gasteiger partial charge in [0.15, 0.2) is 0 Å². The number of furan rings is 1. The first-order valence-corrected chi connectivity index (χ1v) is 4.99. The van der Waals surface area contributed by atoms with Gasteiger partial charge in [-0.25, -0.2) is 0 Å². The molecule has 1 aromatic carbocycles. The Morgan fingerprint density at radius 2 is 2.25 bits per heavy atom. The van der Waals surface area contributed by atoms with E-state index >= 15 is 0 Å². The number of benzene rings is 1. The fourth-order valence-corrected chi connectivity index (χ4v) is 1.88. The highest BCUT2D eigenvalue weighted by Crippen LogP contribution is 2.23. The molecule has 1 aromatic heterocycles. The van der Waals surface area contributed by atoms with Crippen LogP contribution in [0.4, 0.5) is 0 Å². The Kier molecular flexibility index (Phi) is 2.09. The molecule has 0 amide bonds. The van der Waals surface area contributed by atoms with Crippen LogP contribution >= 0.6 is 11.8 Å². The van der Waals surface area contributed by atoms with Gasteiger partial charge in [-0.3, -0.25) is 0 Å². The maximum absolute atomic E-state index is 5.29. The van der Waals surface area contributed by atoms with Crippen molar-refractivity contribution in [2.75, 3.05) is 5.75 Å².